The van der Waals surface area contributed by atoms with Gasteiger partial charge in [-0.05, 0) is 5.57 Å². The molecule has 0 heterocycles. The zero-order valence-corrected chi connectivity index (χ0v) is 5.97. The van der Waals surface area contributed by atoms with E-state index >= 15 is 0 Å². The molecule has 4 N–H and O–H groups in total. The van der Waals surface area contributed by atoms with Crippen molar-refractivity contribution in [3.8, 4) is 0 Å². The van der Waals surface area contributed by atoms with Crippen molar-refractivity contribution in [1.29, 1.82) is 0 Å². The van der Waals surface area contributed by atoms with Crippen LogP contribution in [-0.2, 0) is 4.79 Å². The number of nitrogens with two attached hydrogens (primary N) is 1. The van der Waals surface area contributed by atoms with Gasteiger partial charge in [0.25, 0.3) is 0 Å². The van der Waals surface area contributed by atoms with E-state index in [9.17, 15) is 4.79 Å². The van der Waals surface area contributed by atoms with Crippen molar-refractivity contribution in [3.63, 3.8) is 0 Å². The third kappa shape index (κ3) is 1.65. The fourth-order valence-corrected chi connectivity index (χ4v) is 1.12. The van der Waals surface area contributed by atoms with Crippen molar-refractivity contribution in [2.45, 2.75) is 24.7 Å². The molecule has 0 aromatic carbocycles. The first-order valence-electron chi connectivity index (χ1n) is 3.42. The fourth-order valence-electron chi connectivity index (χ4n) is 1.12. The van der Waals surface area contributed by atoms with Gasteiger partial charge in [-0.15, -0.1) is 0 Å². The van der Waals surface area contributed by atoms with Crippen molar-refractivity contribution in [1.82, 2.24) is 0 Å². The molecule has 1 aliphatic rings. The Morgan fingerprint density at radius 1 is 1.64 bits per heavy atom. The molecule has 0 spiro atoms. The smallest absolute Gasteiger partial charge is 0.145 e. The lowest BCUT2D eigenvalue weighted by molar-refractivity contribution is -0.105. The van der Waals surface area contributed by atoms with Crippen LogP contribution in [0.2, 0.25) is 0 Å². The lowest BCUT2D eigenvalue weighted by Crippen LogP contribution is -2.45. The van der Waals surface area contributed by atoms with Gasteiger partial charge >= 0.3 is 0 Å². The van der Waals surface area contributed by atoms with E-state index in [4.69, 9.17) is 15.9 Å². The number of carbonyl (C=O) groups is 1. The summed E-state index contributed by atoms with van der Waals surface area (Å²) < 4.78 is 0. The second-order valence-corrected chi connectivity index (χ2v) is 2.70. The Balaban J connectivity index is 2.75. The number of hydrogen-bond acceptors (Lipinski definition) is 4. The highest BCUT2D eigenvalue weighted by molar-refractivity contribution is 5.73. The first-order chi connectivity index (χ1) is 5.15. The Hall–Kier alpha value is -0.710. The van der Waals surface area contributed by atoms with Crippen LogP contribution in [0.25, 0.3) is 0 Å². The molecule has 4 heteroatoms. The lowest BCUT2D eigenvalue weighted by Gasteiger charge is -2.26. The molecule has 11 heavy (non-hydrogen) atoms. The van der Waals surface area contributed by atoms with Crippen LogP contribution in [0.5, 0.6) is 0 Å². The Kier molecular flexibility index (Phi) is 2.38. The molecule has 62 valence electrons. The third-order valence-corrected chi connectivity index (χ3v) is 1.79. The molecule has 0 aromatic rings. The topological polar surface area (TPSA) is 83.6 Å². The van der Waals surface area contributed by atoms with E-state index in [2.05, 4.69) is 0 Å². The van der Waals surface area contributed by atoms with E-state index in [0.717, 1.165) is 0 Å². The summed E-state index contributed by atoms with van der Waals surface area (Å²) in [5, 5.41) is 18.2. The maximum absolute atomic E-state index is 10.2. The lowest BCUT2D eigenvalue weighted by atomic mass is 9.92. The average Bonchev–Trinajstić information content (AvgIpc) is 1.99. The Bertz CT molecular complexity index is 190. The molecular weight excluding hydrogens is 146 g/mol. The highest BCUT2D eigenvalue weighted by Gasteiger charge is 2.27. The molecule has 0 saturated carbocycles. The van der Waals surface area contributed by atoms with Crippen molar-refractivity contribution in [3.05, 3.63) is 11.6 Å². The first-order valence-corrected chi connectivity index (χ1v) is 3.42. The molecule has 0 saturated heterocycles. The van der Waals surface area contributed by atoms with E-state index in [1.54, 1.807) is 0 Å². The molecule has 1 rings (SSSR count). The summed E-state index contributed by atoms with van der Waals surface area (Å²) in [5.74, 6) is 0. The van der Waals surface area contributed by atoms with Crippen LogP contribution in [0.15, 0.2) is 11.6 Å². The maximum atomic E-state index is 10.2. The molecule has 0 radical (unpaired) electrons. The second kappa shape index (κ2) is 3.13. The summed E-state index contributed by atoms with van der Waals surface area (Å²) in [5.41, 5.74) is 5.84. The molecule has 3 atom stereocenters. The Morgan fingerprint density at radius 3 is 2.73 bits per heavy atom. The van der Waals surface area contributed by atoms with Gasteiger partial charge in [0.05, 0.1) is 18.2 Å². The summed E-state index contributed by atoms with van der Waals surface area (Å²) >= 11 is 0. The van der Waals surface area contributed by atoms with E-state index < -0.39 is 18.2 Å². The van der Waals surface area contributed by atoms with Crippen LogP contribution in [0.3, 0.4) is 0 Å². The predicted octanol–water partition coefficient (Wildman–Crippen LogP) is -1.44. The normalized spacial score (nSPS) is 38.1. The first kappa shape index (κ1) is 8.39. The number of rotatable bonds is 1. The SMILES string of the molecule is N[C@@H]1C=C(C=O)C[C@@H](O)[C@@H]1O. The number of carbonyl (C=O) groups excluding carboxylic acids is 1. The minimum atomic E-state index is -0.946. The molecule has 0 aliphatic heterocycles. The molecule has 0 unspecified atom stereocenters. The van der Waals surface area contributed by atoms with Crippen molar-refractivity contribution < 1.29 is 15.0 Å². The number of aldehydes is 1. The predicted molar refractivity (Wildman–Crippen MR) is 38.8 cm³/mol. The second-order valence-electron chi connectivity index (χ2n) is 2.70. The molecule has 0 fully saturated rings. The van der Waals surface area contributed by atoms with E-state index in [1.807, 2.05) is 0 Å². The van der Waals surface area contributed by atoms with Crippen molar-refractivity contribution in [2.24, 2.45) is 5.73 Å². The summed E-state index contributed by atoms with van der Waals surface area (Å²) in [6.07, 6.45) is 0.464. The van der Waals surface area contributed by atoms with Gasteiger partial charge in [0, 0.05) is 6.42 Å². The van der Waals surface area contributed by atoms with Crippen LogP contribution in [0.1, 0.15) is 6.42 Å². The van der Waals surface area contributed by atoms with E-state index in [0.29, 0.717) is 11.9 Å². The van der Waals surface area contributed by atoms with E-state index in [-0.39, 0.29) is 6.42 Å². The maximum Gasteiger partial charge on any atom is 0.145 e. The monoisotopic (exact) mass is 157 g/mol. The summed E-state index contributed by atoms with van der Waals surface area (Å²) in [6.45, 7) is 0. The number of aliphatic hydroxyl groups excluding tert-OH is 2. The van der Waals surface area contributed by atoms with E-state index in [1.165, 1.54) is 6.08 Å². The highest BCUT2D eigenvalue weighted by Crippen LogP contribution is 2.16. The quantitative estimate of drug-likeness (QED) is 0.407. The van der Waals surface area contributed by atoms with Crippen LogP contribution in [-0.4, -0.2) is 34.7 Å². The van der Waals surface area contributed by atoms with Gasteiger partial charge in [-0.1, -0.05) is 6.08 Å². The van der Waals surface area contributed by atoms with Gasteiger partial charge in [0.1, 0.15) is 6.29 Å². The van der Waals surface area contributed by atoms with Gasteiger partial charge < -0.3 is 15.9 Å². The molecule has 0 amide bonds. The summed E-state index contributed by atoms with van der Waals surface area (Å²) in [4.78, 5) is 10.2. The number of hydrogen-bond donors (Lipinski definition) is 3. The minimum Gasteiger partial charge on any atom is -0.390 e. The summed E-state index contributed by atoms with van der Waals surface area (Å²) in [6, 6.07) is -0.626. The molecule has 1 aliphatic carbocycles. The van der Waals surface area contributed by atoms with Crippen molar-refractivity contribution in [2.75, 3.05) is 0 Å². The summed E-state index contributed by atoms with van der Waals surface area (Å²) in [7, 11) is 0. The van der Waals surface area contributed by atoms with Crippen LogP contribution in [0, 0.1) is 0 Å². The fraction of sp³-hybridized carbons (Fsp3) is 0.571. The van der Waals surface area contributed by atoms with Crippen molar-refractivity contribution >= 4 is 6.29 Å². The van der Waals surface area contributed by atoms with Crippen LogP contribution in [0.4, 0.5) is 0 Å². The molecule has 4 nitrogen and oxygen atoms in total. The Labute approximate surface area is 64.3 Å². The van der Waals surface area contributed by atoms with Gasteiger partial charge in [-0.3, -0.25) is 4.79 Å². The highest BCUT2D eigenvalue weighted by atomic mass is 16.3. The zero-order chi connectivity index (χ0) is 8.43. The largest absolute Gasteiger partial charge is 0.390 e. The third-order valence-electron chi connectivity index (χ3n) is 1.79. The minimum absolute atomic E-state index is 0.193. The van der Waals surface area contributed by atoms with Gasteiger partial charge in [0.2, 0.25) is 0 Å². The molecule has 0 aromatic heterocycles. The number of aliphatic hydroxyl groups is 2. The average molecular weight is 157 g/mol. The standard InChI is InChI=1S/C7H11NO3/c8-5-1-4(3-9)2-6(10)7(5)11/h1,3,5-7,10-11H,2,8H2/t5-,6-,7-/m1/s1. The van der Waals surface area contributed by atoms with Gasteiger partial charge in [-0.25, -0.2) is 0 Å². The Morgan fingerprint density at radius 2 is 2.27 bits per heavy atom. The van der Waals surface area contributed by atoms with Crippen LogP contribution < -0.4 is 5.73 Å². The van der Waals surface area contributed by atoms with Gasteiger partial charge in [-0.2, -0.15) is 0 Å². The molecule has 0 bridgehead atoms. The van der Waals surface area contributed by atoms with Crippen LogP contribution >= 0.6 is 0 Å². The van der Waals surface area contributed by atoms with Gasteiger partial charge in [0.15, 0.2) is 0 Å². The molecular formula is C7H11NO3. The zero-order valence-electron chi connectivity index (χ0n) is 5.97.